The van der Waals surface area contributed by atoms with Gasteiger partial charge in [-0.2, -0.15) is 0 Å². The molecule has 16 heavy (non-hydrogen) atoms. The highest BCUT2D eigenvalue weighted by Crippen LogP contribution is 2.26. The highest BCUT2D eigenvalue weighted by molar-refractivity contribution is 4.89. The summed E-state index contributed by atoms with van der Waals surface area (Å²) in [7, 11) is 0. The molecule has 1 saturated heterocycles. The Morgan fingerprint density at radius 2 is 1.88 bits per heavy atom. The molecule has 2 nitrogen and oxygen atoms in total. The standard InChI is InChI=1S/C14H30N2/c1-4-5-6-7-8-10-14(2,3)16-11-9-13(15)12-16/h13H,4-12,15H2,1-3H3/t13-/m1/s1. The molecular weight excluding hydrogens is 196 g/mol. The van der Waals surface area contributed by atoms with Gasteiger partial charge >= 0.3 is 0 Å². The predicted octanol–water partition coefficient (Wildman–Crippen LogP) is 3.16. The van der Waals surface area contributed by atoms with Gasteiger partial charge in [-0.1, -0.05) is 39.0 Å². The van der Waals surface area contributed by atoms with Gasteiger partial charge in [0.15, 0.2) is 0 Å². The summed E-state index contributed by atoms with van der Waals surface area (Å²) < 4.78 is 0. The van der Waals surface area contributed by atoms with Crippen LogP contribution in [0.25, 0.3) is 0 Å². The molecule has 0 saturated carbocycles. The summed E-state index contributed by atoms with van der Waals surface area (Å²) in [5.41, 5.74) is 6.34. The maximum Gasteiger partial charge on any atom is 0.0180 e. The lowest BCUT2D eigenvalue weighted by molar-refractivity contribution is 0.138. The van der Waals surface area contributed by atoms with E-state index in [2.05, 4.69) is 25.7 Å². The molecule has 0 spiro atoms. The van der Waals surface area contributed by atoms with Crippen molar-refractivity contribution in [2.24, 2.45) is 5.73 Å². The van der Waals surface area contributed by atoms with Gasteiger partial charge in [0.25, 0.3) is 0 Å². The van der Waals surface area contributed by atoms with Crippen LogP contribution in [0.4, 0.5) is 0 Å². The summed E-state index contributed by atoms with van der Waals surface area (Å²) in [6.07, 6.45) is 9.42. The van der Waals surface area contributed by atoms with Crippen LogP contribution < -0.4 is 5.73 Å². The van der Waals surface area contributed by atoms with Gasteiger partial charge in [0.2, 0.25) is 0 Å². The molecule has 0 aromatic heterocycles. The molecule has 1 rings (SSSR count). The lowest BCUT2D eigenvalue weighted by Gasteiger charge is -2.35. The van der Waals surface area contributed by atoms with Crippen LogP contribution >= 0.6 is 0 Å². The van der Waals surface area contributed by atoms with Crippen molar-refractivity contribution in [3.8, 4) is 0 Å². The second-order valence-electron chi connectivity index (χ2n) is 5.97. The maximum atomic E-state index is 5.97. The number of hydrogen-bond acceptors (Lipinski definition) is 2. The number of nitrogens with two attached hydrogens (primary N) is 1. The molecule has 1 fully saturated rings. The van der Waals surface area contributed by atoms with Crippen molar-refractivity contribution >= 4 is 0 Å². The topological polar surface area (TPSA) is 29.3 Å². The van der Waals surface area contributed by atoms with Crippen molar-refractivity contribution in [2.75, 3.05) is 13.1 Å². The number of likely N-dealkylation sites (tertiary alicyclic amines) is 1. The summed E-state index contributed by atoms with van der Waals surface area (Å²) in [5.74, 6) is 0. The molecule has 0 amide bonds. The van der Waals surface area contributed by atoms with Crippen molar-refractivity contribution in [2.45, 2.75) is 77.3 Å². The van der Waals surface area contributed by atoms with Gasteiger partial charge in [-0.15, -0.1) is 0 Å². The minimum absolute atomic E-state index is 0.361. The molecule has 0 aromatic rings. The summed E-state index contributed by atoms with van der Waals surface area (Å²) in [6.45, 7) is 9.33. The first-order valence-corrected chi connectivity index (χ1v) is 7.07. The van der Waals surface area contributed by atoms with Gasteiger partial charge < -0.3 is 5.73 Å². The van der Waals surface area contributed by atoms with Gasteiger partial charge in [0, 0.05) is 24.7 Å². The quantitative estimate of drug-likeness (QED) is 0.676. The van der Waals surface area contributed by atoms with E-state index in [-0.39, 0.29) is 0 Å². The third kappa shape index (κ3) is 4.42. The molecule has 0 unspecified atom stereocenters. The highest BCUT2D eigenvalue weighted by atomic mass is 15.2. The monoisotopic (exact) mass is 226 g/mol. The molecule has 2 N–H and O–H groups in total. The molecule has 1 aliphatic heterocycles. The first-order chi connectivity index (χ1) is 7.56. The van der Waals surface area contributed by atoms with Crippen LogP contribution in [-0.2, 0) is 0 Å². The second kappa shape index (κ2) is 6.61. The van der Waals surface area contributed by atoms with Gasteiger partial charge in [-0.05, 0) is 26.7 Å². The molecule has 1 atom stereocenters. The molecule has 0 radical (unpaired) electrons. The van der Waals surface area contributed by atoms with Crippen molar-refractivity contribution < 1.29 is 0 Å². The van der Waals surface area contributed by atoms with E-state index in [0.717, 1.165) is 6.54 Å². The number of rotatable bonds is 7. The molecule has 0 aromatic carbocycles. The molecule has 2 heteroatoms. The highest BCUT2D eigenvalue weighted by Gasteiger charge is 2.31. The minimum atomic E-state index is 0.361. The fraction of sp³-hybridized carbons (Fsp3) is 1.00. The van der Waals surface area contributed by atoms with Gasteiger partial charge in [-0.3, -0.25) is 4.90 Å². The number of hydrogen-bond donors (Lipinski definition) is 1. The fourth-order valence-electron chi connectivity index (χ4n) is 2.66. The Balaban J connectivity index is 2.18. The fourth-order valence-corrected chi connectivity index (χ4v) is 2.66. The molecule has 96 valence electrons. The van der Waals surface area contributed by atoms with E-state index in [1.807, 2.05) is 0 Å². The second-order valence-corrected chi connectivity index (χ2v) is 5.97. The van der Waals surface area contributed by atoms with Crippen LogP contribution in [0.5, 0.6) is 0 Å². The van der Waals surface area contributed by atoms with E-state index in [1.54, 1.807) is 0 Å². The predicted molar refractivity (Wildman–Crippen MR) is 71.6 cm³/mol. The maximum absolute atomic E-state index is 5.97. The van der Waals surface area contributed by atoms with Crippen molar-refractivity contribution in [1.29, 1.82) is 0 Å². The number of nitrogens with zero attached hydrogens (tertiary/aromatic N) is 1. The zero-order valence-corrected chi connectivity index (χ0v) is 11.5. The van der Waals surface area contributed by atoms with Crippen LogP contribution in [0.2, 0.25) is 0 Å². The SMILES string of the molecule is CCCCCCCC(C)(C)N1CC[C@@H](N)C1. The first-order valence-electron chi connectivity index (χ1n) is 7.07. The van der Waals surface area contributed by atoms with Crippen molar-refractivity contribution in [1.82, 2.24) is 4.90 Å². The largest absolute Gasteiger partial charge is 0.326 e. The van der Waals surface area contributed by atoms with E-state index in [4.69, 9.17) is 5.73 Å². The summed E-state index contributed by atoms with van der Waals surface area (Å²) >= 11 is 0. The zero-order chi connectivity index (χ0) is 12.0. The summed E-state index contributed by atoms with van der Waals surface area (Å²) in [5, 5.41) is 0. The first kappa shape index (κ1) is 14.0. The molecule has 1 heterocycles. The van der Waals surface area contributed by atoms with Crippen LogP contribution in [0.1, 0.15) is 65.7 Å². The normalized spacial score (nSPS) is 22.9. The molecule has 0 bridgehead atoms. The third-order valence-corrected chi connectivity index (χ3v) is 3.97. The van der Waals surface area contributed by atoms with E-state index in [1.165, 1.54) is 51.5 Å². The zero-order valence-electron chi connectivity index (χ0n) is 11.5. The van der Waals surface area contributed by atoms with Crippen molar-refractivity contribution in [3.05, 3.63) is 0 Å². The van der Waals surface area contributed by atoms with Crippen LogP contribution in [0, 0.1) is 0 Å². The Labute approximate surface area is 102 Å². The average Bonchev–Trinajstić information content (AvgIpc) is 2.65. The smallest absolute Gasteiger partial charge is 0.0180 e. The van der Waals surface area contributed by atoms with Gasteiger partial charge in [0.05, 0.1) is 0 Å². The lowest BCUT2D eigenvalue weighted by atomic mass is 9.94. The van der Waals surface area contributed by atoms with E-state index >= 15 is 0 Å². The summed E-state index contributed by atoms with van der Waals surface area (Å²) in [6, 6.07) is 0.416. The Morgan fingerprint density at radius 1 is 1.19 bits per heavy atom. The minimum Gasteiger partial charge on any atom is -0.326 e. The average molecular weight is 226 g/mol. The molecule has 1 aliphatic rings. The van der Waals surface area contributed by atoms with Crippen LogP contribution in [-0.4, -0.2) is 29.6 Å². The van der Waals surface area contributed by atoms with E-state index in [9.17, 15) is 0 Å². The van der Waals surface area contributed by atoms with Crippen molar-refractivity contribution in [3.63, 3.8) is 0 Å². The van der Waals surface area contributed by atoms with Gasteiger partial charge in [0.1, 0.15) is 0 Å². The van der Waals surface area contributed by atoms with E-state index < -0.39 is 0 Å². The van der Waals surface area contributed by atoms with Gasteiger partial charge in [-0.25, -0.2) is 0 Å². The Hall–Kier alpha value is -0.0800. The molecular formula is C14H30N2. The Morgan fingerprint density at radius 3 is 2.44 bits per heavy atom. The van der Waals surface area contributed by atoms with Crippen LogP contribution in [0.15, 0.2) is 0 Å². The third-order valence-electron chi connectivity index (χ3n) is 3.97. The number of unbranched alkanes of at least 4 members (excludes halogenated alkanes) is 4. The Kier molecular flexibility index (Phi) is 5.77. The lowest BCUT2D eigenvalue weighted by Crippen LogP contribution is -2.43. The van der Waals surface area contributed by atoms with Crippen LogP contribution in [0.3, 0.4) is 0 Å². The Bertz CT molecular complexity index is 189. The summed E-state index contributed by atoms with van der Waals surface area (Å²) in [4.78, 5) is 2.58. The van der Waals surface area contributed by atoms with E-state index in [0.29, 0.717) is 11.6 Å². The molecule has 0 aliphatic carbocycles.